The van der Waals surface area contributed by atoms with Gasteiger partial charge < -0.3 is 4.74 Å². The average Bonchev–Trinajstić information content (AvgIpc) is 2.57. The molecule has 0 amide bonds. The Morgan fingerprint density at radius 2 is 1.88 bits per heavy atom. The van der Waals surface area contributed by atoms with Gasteiger partial charge in [0.25, 0.3) is 0 Å². The van der Waals surface area contributed by atoms with Crippen LogP contribution >= 0.6 is 0 Å². The van der Waals surface area contributed by atoms with Crippen LogP contribution in [0.25, 0.3) is 0 Å². The second-order valence-electron chi connectivity index (χ2n) is 7.62. The van der Waals surface area contributed by atoms with Gasteiger partial charge in [0.2, 0.25) is 0 Å². The molecule has 0 spiro atoms. The van der Waals surface area contributed by atoms with Gasteiger partial charge in [-0.2, -0.15) is 8.78 Å². The third-order valence-electron chi connectivity index (χ3n) is 5.67. The van der Waals surface area contributed by atoms with E-state index in [9.17, 15) is 8.78 Å². The van der Waals surface area contributed by atoms with E-state index in [0.29, 0.717) is 12.8 Å². The Bertz CT molecular complexity index is 576. The van der Waals surface area contributed by atoms with Gasteiger partial charge in [-0.3, -0.25) is 0 Å². The molecule has 3 atom stereocenters. The Labute approximate surface area is 144 Å². The van der Waals surface area contributed by atoms with Crippen molar-refractivity contribution in [1.82, 2.24) is 0 Å². The predicted molar refractivity (Wildman–Crippen MR) is 93.0 cm³/mol. The summed E-state index contributed by atoms with van der Waals surface area (Å²) in [5.41, 5.74) is 3.69. The number of aryl methyl sites for hydroxylation is 1. The Morgan fingerprint density at radius 1 is 1.12 bits per heavy atom. The quantitative estimate of drug-likeness (QED) is 0.575. The van der Waals surface area contributed by atoms with Gasteiger partial charge in [-0.25, -0.2) is 0 Å². The normalized spacial score (nSPS) is 30.0. The lowest BCUT2D eigenvalue weighted by atomic mass is 9.86. The number of rotatable bonds is 4. The van der Waals surface area contributed by atoms with Gasteiger partial charge in [0.15, 0.2) is 0 Å². The first-order valence-corrected chi connectivity index (χ1v) is 9.24. The molecule has 24 heavy (non-hydrogen) atoms. The fourth-order valence-electron chi connectivity index (χ4n) is 3.72. The monoisotopic (exact) mass is 334 g/mol. The van der Waals surface area contributed by atoms with Gasteiger partial charge in [-0.1, -0.05) is 42.8 Å². The van der Waals surface area contributed by atoms with E-state index >= 15 is 0 Å². The molecule has 132 valence electrons. The second-order valence-corrected chi connectivity index (χ2v) is 7.62. The van der Waals surface area contributed by atoms with Gasteiger partial charge in [-0.15, -0.1) is 0 Å². The van der Waals surface area contributed by atoms with Crippen LogP contribution in [0.4, 0.5) is 8.78 Å². The lowest BCUT2D eigenvalue weighted by molar-refractivity contribution is -0.313. The third kappa shape index (κ3) is 4.24. The van der Waals surface area contributed by atoms with E-state index < -0.39 is 18.1 Å². The van der Waals surface area contributed by atoms with Crippen LogP contribution in [0.3, 0.4) is 0 Å². The van der Waals surface area contributed by atoms with E-state index in [-0.39, 0.29) is 0 Å². The van der Waals surface area contributed by atoms with E-state index in [1.807, 2.05) is 12.1 Å². The number of benzene rings is 1. The number of halogens is 2. The van der Waals surface area contributed by atoms with E-state index in [4.69, 9.17) is 4.74 Å². The number of alkyl halides is 2. The smallest absolute Gasteiger partial charge is 0.312 e. The minimum atomic E-state index is -3.01. The molecule has 0 saturated carbocycles. The molecule has 1 nitrogen and oxygen atoms in total. The molecule has 3 heteroatoms. The first-order chi connectivity index (χ1) is 11.4. The summed E-state index contributed by atoms with van der Waals surface area (Å²) >= 11 is 0. The minimum absolute atomic E-state index is 0.475. The Kier molecular flexibility index (Phi) is 5.39. The molecule has 0 N–H and O–H groups in total. The van der Waals surface area contributed by atoms with Crippen LogP contribution in [0, 0.1) is 11.8 Å². The predicted octanol–water partition coefficient (Wildman–Crippen LogP) is 6.45. The van der Waals surface area contributed by atoms with E-state index in [1.54, 1.807) is 6.92 Å². The first-order valence-electron chi connectivity index (χ1n) is 9.24. The highest BCUT2D eigenvalue weighted by molar-refractivity contribution is 5.25. The molecule has 2 aliphatic rings. The van der Waals surface area contributed by atoms with Crippen molar-refractivity contribution in [2.75, 3.05) is 0 Å². The van der Waals surface area contributed by atoms with Crippen molar-refractivity contribution < 1.29 is 13.5 Å². The fourth-order valence-corrected chi connectivity index (χ4v) is 3.72. The number of allylic oxidation sites excluding steroid dienone is 2. The average molecular weight is 334 g/mol. The Morgan fingerprint density at radius 3 is 2.50 bits per heavy atom. The summed E-state index contributed by atoms with van der Waals surface area (Å²) in [6.45, 7) is 3.77. The second kappa shape index (κ2) is 7.35. The lowest BCUT2D eigenvalue weighted by Crippen LogP contribution is -2.36. The van der Waals surface area contributed by atoms with Crippen LogP contribution in [-0.2, 0) is 11.2 Å². The molecule has 3 rings (SSSR count). The lowest BCUT2D eigenvalue weighted by Gasteiger charge is -2.34. The number of hydrogen-bond donors (Lipinski definition) is 0. The Balaban J connectivity index is 1.54. The highest BCUT2D eigenvalue weighted by Gasteiger charge is 2.44. The van der Waals surface area contributed by atoms with Gasteiger partial charge in [0.1, 0.15) is 0 Å². The summed E-state index contributed by atoms with van der Waals surface area (Å²) < 4.78 is 32.5. The van der Waals surface area contributed by atoms with Crippen molar-refractivity contribution in [1.29, 1.82) is 0 Å². The molecule has 1 aromatic carbocycles. The summed E-state index contributed by atoms with van der Waals surface area (Å²) in [5.74, 6) is 0.0939. The fraction of sp³-hybridized carbons (Fsp3) is 0.619. The zero-order valence-electron chi connectivity index (χ0n) is 14.7. The first kappa shape index (κ1) is 17.6. The number of hydrogen-bond acceptors (Lipinski definition) is 1. The maximum Gasteiger partial charge on any atom is 0.358 e. The summed E-state index contributed by atoms with van der Waals surface area (Å²) in [5, 5.41) is 0. The van der Waals surface area contributed by atoms with Crippen molar-refractivity contribution in [3.63, 3.8) is 0 Å². The molecule has 1 heterocycles. The van der Waals surface area contributed by atoms with Crippen molar-refractivity contribution in [2.45, 2.75) is 71.0 Å². The molecule has 0 aromatic heterocycles. The zero-order valence-corrected chi connectivity index (χ0v) is 14.7. The maximum absolute atomic E-state index is 13.7. The SMILES string of the molecule is CC1=CCC(CCc2ccc(C3CCC(C)C(F)(F)O3)cc2)CC1. The van der Waals surface area contributed by atoms with Crippen molar-refractivity contribution >= 4 is 0 Å². The van der Waals surface area contributed by atoms with E-state index in [1.165, 1.54) is 36.8 Å². The molecule has 1 fully saturated rings. The van der Waals surface area contributed by atoms with Crippen molar-refractivity contribution in [3.05, 3.63) is 47.0 Å². The van der Waals surface area contributed by atoms with Gasteiger partial charge in [0, 0.05) is 5.92 Å². The maximum atomic E-state index is 13.7. The molecule has 1 saturated heterocycles. The Hall–Kier alpha value is -1.22. The van der Waals surface area contributed by atoms with Crippen molar-refractivity contribution in [2.24, 2.45) is 11.8 Å². The van der Waals surface area contributed by atoms with Gasteiger partial charge >= 0.3 is 6.11 Å². The van der Waals surface area contributed by atoms with Crippen LogP contribution in [0.15, 0.2) is 35.9 Å². The molecule has 1 aliphatic carbocycles. The standard InChI is InChI=1S/C21H28F2O/c1-15-3-6-17(7-4-15)8-9-18-10-12-19(13-11-18)20-14-5-16(2)21(22,23)24-20/h3,10-13,16-17,20H,4-9,14H2,1-2H3. The van der Waals surface area contributed by atoms with E-state index in [0.717, 1.165) is 17.9 Å². The van der Waals surface area contributed by atoms with Crippen LogP contribution < -0.4 is 0 Å². The van der Waals surface area contributed by atoms with Gasteiger partial charge in [0.05, 0.1) is 6.10 Å². The zero-order chi connectivity index (χ0) is 17.2. The molecule has 1 aromatic rings. The van der Waals surface area contributed by atoms with E-state index in [2.05, 4.69) is 25.1 Å². The van der Waals surface area contributed by atoms with Gasteiger partial charge in [-0.05, 0) is 68.9 Å². The molecular formula is C21H28F2O. The van der Waals surface area contributed by atoms with Crippen LogP contribution in [0.1, 0.15) is 69.6 Å². The largest absolute Gasteiger partial charge is 0.358 e. The summed E-state index contributed by atoms with van der Waals surface area (Å²) in [4.78, 5) is 0. The molecule has 3 unspecified atom stereocenters. The summed E-state index contributed by atoms with van der Waals surface area (Å²) in [6, 6.07) is 8.10. The molecule has 1 aliphatic heterocycles. The van der Waals surface area contributed by atoms with Crippen LogP contribution in [0.2, 0.25) is 0 Å². The minimum Gasteiger partial charge on any atom is -0.312 e. The summed E-state index contributed by atoms with van der Waals surface area (Å²) in [7, 11) is 0. The third-order valence-corrected chi connectivity index (χ3v) is 5.67. The summed E-state index contributed by atoms with van der Waals surface area (Å²) in [6.07, 6.45) is 6.07. The number of ether oxygens (including phenoxy) is 1. The molecular weight excluding hydrogens is 306 g/mol. The molecule has 0 radical (unpaired) electrons. The van der Waals surface area contributed by atoms with Crippen LogP contribution in [0.5, 0.6) is 0 Å². The van der Waals surface area contributed by atoms with Crippen molar-refractivity contribution in [3.8, 4) is 0 Å². The highest BCUT2D eigenvalue weighted by Crippen LogP contribution is 2.42. The van der Waals surface area contributed by atoms with Crippen LogP contribution in [-0.4, -0.2) is 6.11 Å². The highest BCUT2D eigenvalue weighted by atomic mass is 19.3. The molecule has 0 bridgehead atoms. The topological polar surface area (TPSA) is 9.23 Å².